The Labute approximate surface area is 194 Å². The monoisotopic (exact) mass is 468 g/mol. The summed E-state index contributed by atoms with van der Waals surface area (Å²) in [5.74, 6) is 1.31. The van der Waals surface area contributed by atoms with Crippen molar-refractivity contribution in [2.75, 3.05) is 23.8 Å². The predicted molar refractivity (Wildman–Crippen MR) is 130 cm³/mol. The number of carbonyl (C=O) groups excluding carboxylic acids is 1. The van der Waals surface area contributed by atoms with Crippen molar-refractivity contribution < 1.29 is 22.7 Å². The van der Waals surface area contributed by atoms with Crippen molar-refractivity contribution in [1.82, 2.24) is 0 Å². The van der Waals surface area contributed by atoms with Gasteiger partial charge in [-0.3, -0.25) is 9.52 Å². The lowest BCUT2D eigenvalue weighted by Crippen LogP contribution is -2.15. The van der Waals surface area contributed by atoms with Gasteiger partial charge in [-0.1, -0.05) is 26.0 Å². The van der Waals surface area contributed by atoms with Gasteiger partial charge in [-0.15, -0.1) is 0 Å². The van der Waals surface area contributed by atoms with Gasteiger partial charge < -0.3 is 14.8 Å². The SMILES string of the molecule is COc1ccc(NS(=O)(=O)c2ccc(NC(=O)c3ccccc3OCCC(C)C)cc2)cc1. The molecule has 0 bridgehead atoms. The summed E-state index contributed by atoms with van der Waals surface area (Å²) in [5.41, 5.74) is 1.31. The fourth-order valence-corrected chi connectivity index (χ4v) is 4.03. The average molecular weight is 469 g/mol. The van der Waals surface area contributed by atoms with Crippen LogP contribution < -0.4 is 19.5 Å². The molecule has 3 aromatic rings. The molecule has 0 aromatic heterocycles. The van der Waals surface area contributed by atoms with E-state index in [1.807, 2.05) is 6.07 Å². The average Bonchev–Trinajstić information content (AvgIpc) is 2.80. The summed E-state index contributed by atoms with van der Waals surface area (Å²) < 4.78 is 38.7. The highest BCUT2D eigenvalue weighted by Crippen LogP contribution is 2.23. The Bertz CT molecular complexity index is 1170. The summed E-state index contributed by atoms with van der Waals surface area (Å²) in [6.07, 6.45) is 0.885. The molecule has 0 heterocycles. The molecule has 0 radical (unpaired) electrons. The molecule has 0 fully saturated rings. The maximum atomic E-state index is 12.8. The number of anilines is 2. The van der Waals surface area contributed by atoms with Crippen LogP contribution in [0.3, 0.4) is 0 Å². The predicted octanol–water partition coefficient (Wildman–Crippen LogP) is 5.17. The Balaban J connectivity index is 1.67. The van der Waals surface area contributed by atoms with E-state index in [1.54, 1.807) is 54.6 Å². The minimum Gasteiger partial charge on any atom is -0.497 e. The van der Waals surface area contributed by atoms with Crippen molar-refractivity contribution in [1.29, 1.82) is 0 Å². The first kappa shape index (κ1) is 24.1. The van der Waals surface area contributed by atoms with Crippen LogP contribution in [0.15, 0.2) is 77.7 Å². The van der Waals surface area contributed by atoms with Crippen LogP contribution in [0.4, 0.5) is 11.4 Å². The van der Waals surface area contributed by atoms with E-state index in [1.165, 1.54) is 19.2 Å². The second-order valence-electron chi connectivity index (χ2n) is 7.84. The van der Waals surface area contributed by atoms with Crippen LogP contribution >= 0.6 is 0 Å². The molecule has 0 atom stereocenters. The van der Waals surface area contributed by atoms with Crippen LogP contribution in [0.25, 0.3) is 0 Å². The molecule has 0 aliphatic heterocycles. The summed E-state index contributed by atoms with van der Waals surface area (Å²) in [5, 5.41) is 2.79. The van der Waals surface area contributed by atoms with Crippen LogP contribution in [0.1, 0.15) is 30.6 Å². The van der Waals surface area contributed by atoms with Crippen molar-refractivity contribution in [3.05, 3.63) is 78.4 Å². The number of nitrogens with one attached hydrogen (secondary N) is 2. The van der Waals surface area contributed by atoms with Crippen LogP contribution in [0, 0.1) is 5.92 Å². The molecular weight excluding hydrogens is 440 g/mol. The zero-order valence-corrected chi connectivity index (χ0v) is 19.7. The van der Waals surface area contributed by atoms with Crippen LogP contribution in [-0.4, -0.2) is 28.0 Å². The number of hydrogen-bond donors (Lipinski definition) is 2. The number of methoxy groups -OCH3 is 1. The van der Waals surface area contributed by atoms with E-state index in [0.717, 1.165) is 6.42 Å². The first-order chi connectivity index (χ1) is 15.8. The second kappa shape index (κ2) is 10.9. The number of benzene rings is 3. The molecule has 0 spiro atoms. The highest BCUT2D eigenvalue weighted by atomic mass is 32.2. The standard InChI is InChI=1S/C25H28N2O5S/c1-18(2)16-17-32-24-7-5-4-6-23(24)25(28)26-19-10-14-22(15-11-19)33(29,30)27-20-8-12-21(31-3)13-9-20/h4-15,18,27H,16-17H2,1-3H3,(H,26,28). The van der Waals surface area contributed by atoms with E-state index in [4.69, 9.17) is 9.47 Å². The van der Waals surface area contributed by atoms with Gasteiger partial charge in [0.2, 0.25) is 0 Å². The summed E-state index contributed by atoms with van der Waals surface area (Å²) in [6, 6.07) is 19.6. The third-order valence-corrected chi connectivity index (χ3v) is 6.25. The van der Waals surface area contributed by atoms with E-state index in [2.05, 4.69) is 23.9 Å². The third-order valence-electron chi connectivity index (χ3n) is 4.85. The Hall–Kier alpha value is -3.52. The Morgan fingerprint density at radius 2 is 1.55 bits per heavy atom. The number of amides is 1. The topological polar surface area (TPSA) is 93.7 Å². The van der Waals surface area contributed by atoms with E-state index < -0.39 is 10.0 Å². The molecule has 3 aromatic carbocycles. The Morgan fingerprint density at radius 3 is 2.18 bits per heavy atom. The molecule has 2 N–H and O–H groups in total. The van der Waals surface area contributed by atoms with Gasteiger partial charge in [0.25, 0.3) is 15.9 Å². The molecular formula is C25H28N2O5S. The highest BCUT2D eigenvalue weighted by Gasteiger charge is 2.16. The molecule has 0 saturated heterocycles. The Kier molecular flexibility index (Phi) is 7.95. The van der Waals surface area contributed by atoms with E-state index in [-0.39, 0.29) is 10.8 Å². The number of carbonyl (C=O) groups is 1. The molecule has 1 amide bonds. The van der Waals surface area contributed by atoms with Gasteiger partial charge >= 0.3 is 0 Å². The molecule has 8 heteroatoms. The maximum absolute atomic E-state index is 12.8. The first-order valence-corrected chi connectivity index (χ1v) is 12.1. The smallest absolute Gasteiger partial charge is 0.261 e. The van der Waals surface area contributed by atoms with Crippen LogP contribution in [-0.2, 0) is 10.0 Å². The minimum atomic E-state index is -3.78. The molecule has 33 heavy (non-hydrogen) atoms. The number of hydrogen-bond acceptors (Lipinski definition) is 5. The second-order valence-corrected chi connectivity index (χ2v) is 9.52. The lowest BCUT2D eigenvalue weighted by Gasteiger charge is -2.13. The van der Waals surface area contributed by atoms with Gasteiger partial charge in [-0.2, -0.15) is 0 Å². The first-order valence-electron chi connectivity index (χ1n) is 10.6. The van der Waals surface area contributed by atoms with Crippen molar-refractivity contribution in [2.24, 2.45) is 5.92 Å². The summed E-state index contributed by atoms with van der Waals surface area (Å²) >= 11 is 0. The lowest BCUT2D eigenvalue weighted by molar-refractivity contribution is 0.102. The van der Waals surface area contributed by atoms with Gasteiger partial charge in [0, 0.05) is 11.4 Å². The number of para-hydroxylation sites is 1. The molecule has 0 unspecified atom stereocenters. The Morgan fingerprint density at radius 1 is 0.909 bits per heavy atom. The number of rotatable bonds is 10. The number of ether oxygens (including phenoxy) is 2. The van der Waals surface area contributed by atoms with Gasteiger partial charge in [0.15, 0.2) is 0 Å². The van der Waals surface area contributed by atoms with Crippen molar-refractivity contribution in [3.8, 4) is 11.5 Å². The zero-order valence-electron chi connectivity index (χ0n) is 18.9. The third kappa shape index (κ3) is 6.73. The van der Waals surface area contributed by atoms with Gasteiger partial charge in [0.05, 0.1) is 24.2 Å². The largest absolute Gasteiger partial charge is 0.497 e. The van der Waals surface area contributed by atoms with Gasteiger partial charge in [0.1, 0.15) is 11.5 Å². The summed E-state index contributed by atoms with van der Waals surface area (Å²) in [4.78, 5) is 12.9. The maximum Gasteiger partial charge on any atom is 0.261 e. The molecule has 0 aliphatic rings. The zero-order chi connectivity index (χ0) is 23.8. The van der Waals surface area contributed by atoms with Crippen molar-refractivity contribution in [3.63, 3.8) is 0 Å². The van der Waals surface area contributed by atoms with Crippen LogP contribution in [0.5, 0.6) is 11.5 Å². The van der Waals surface area contributed by atoms with E-state index >= 15 is 0 Å². The van der Waals surface area contributed by atoms with E-state index in [0.29, 0.717) is 41.0 Å². The normalized spacial score (nSPS) is 11.2. The lowest BCUT2D eigenvalue weighted by atomic mass is 10.1. The molecule has 174 valence electrons. The van der Waals surface area contributed by atoms with Crippen molar-refractivity contribution in [2.45, 2.75) is 25.2 Å². The van der Waals surface area contributed by atoms with Gasteiger partial charge in [-0.05, 0) is 73.0 Å². The van der Waals surface area contributed by atoms with E-state index in [9.17, 15) is 13.2 Å². The van der Waals surface area contributed by atoms with Crippen molar-refractivity contribution >= 4 is 27.3 Å². The molecule has 3 rings (SSSR count). The minimum absolute atomic E-state index is 0.0775. The number of sulfonamides is 1. The quantitative estimate of drug-likeness (QED) is 0.428. The highest BCUT2D eigenvalue weighted by molar-refractivity contribution is 7.92. The molecule has 0 aliphatic carbocycles. The summed E-state index contributed by atoms with van der Waals surface area (Å²) in [7, 11) is -2.24. The van der Waals surface area contributed by atoms with Crippen LogP contribution in [0.2, 0.25) is 0 Å². The molecule has 7 nitrogen and oxygen atoms in total. The summed E-state index contributed by atoms with van der Waals surface area (Å²) in [6.45, 7) is 4.74. The molecule has 0 saturated carbocycles. The fraction of sp³-hybridized carbons (Fsp3) is 0.240. The fourth-order valence-electron chi connectivity index (χ4n) is 2.97. The van der Waals surface area contributed by atoms with Gasteiger partial charge in [-0.25, -0.2) is 8.42 Å².